The van der Waals surface area contributed by atoms with E-state index in [-0.39, 0.29) is 6.29 Å². The molecule has 0 rings (SSSR count). The van der Waals surface area contributed by atoms with Gasteiger partial charge in [-0.1, -0.05) is 0 Å². The van der Waals surface area contributed by atoms with Gasteiger partial charge in [0.05, 0.1) is 0 Å². The molecular formula is C2H2N2O3S. The van der Waals surface area contributed by atoms with E-state index < -0.39 is 16.1 Å². The molecular weight excluding hydrogens is 132 g/mol. The quantitative estimate of drug-likeness (QED) is 0.125. The second kappa shape index (κ2) is 3.20. The fourth-order valence-electron chi connectivity index (χ4n) is 0.0997. The molecule has 0 aliphatic rings. The molecule has 44 valence electrons. The Kier molecular flexibility index (Phi) is 2.86. The number of carbonyl (C=O) groups excluding carboxylic acids is 1. The van der Waals surface area contributed by atoms with E-state index in [1.54, 1.807) is 0 Å². The third-order valence-electron chi connectivity index (χ3n) is 0.378. The third kappa shape index (κ3) is 1.74. The molecule has 0 aromatic carbocycles. The summed E-state index contributed by atoms with van der Waals surface area (Å²) in [6.07, 6.45) is -0.00386. The fraction of sp³-hybridized carbons (Fsp3) is 0. The molecule has 1 unspecified atom stereocenters. The summed E-state index contributed by atoms with van der Waals surface area (Å²) >= 11 is -2.47. The van der Waals surface area contributed by atoms with Gasteiger partial charge in [0.1, 0.15) is 0 Å². The van der Waals surface area contributed by atoms with Crippen LogP contribution in [0.4, 0.5) is 0 Å². The zero-order valence-electron chi connectivity index (χ0n) is 3.64. The number of hydrogen-bond acceptors (Lipinski definition) is 2. The number of nitrogens with zero attached hydrogens (tertiary/aromatic N) is 2. The average molecular weight is 134 g/mol. The molecule has 6 heteroatoms. The minimum atomic E-state index is -2.47. The molecule has 0 aliphatic heterocycles. The molecule has 0 saturated carbocycles. The van der Waals surface area contributed by atoms with Crippen LogP contribution in [0.15, 0.2) is 0 Å². The Morgan fingerprint density at radius 3 is 2.38 bits per heavy atom. The van der Waals surface area contributed by atoms with Gasteiger partial charge in [0.15, 0.2) is 0 Å². The molecule has 0 fully saturated rings. The first-order valence-electron chi connectivity index (χ1n) is 1.50. The molecule has 8 heavy (non-hydrogen) atoms. The maximum atomic E-state index is 9.75. The van der Waals surface area contributed by atoms with E-state index in [4.69, 9.17) is 10.1 Å². The van der Waals surface area contributed by atoms with Gasteiger partial charge in [0.25, 0.3) is 11.1 Å². The number of aldehydes is 1. The molecule has 5 nitrogen and oxygen atoms in total. The highest BCUT2D eigenvalue weighted by atomic mass is 32.2. The maximum absolute atomic E-state index is 9.75. The van der Waals surface area contributed by atoms with E-state index in [1.807, 2.05) is 0 Å². The summed E-state index contributed by atoms with van der Waals surface area (Å²) in [6, 6.07) is 0. The highest BCUT2D eigenvalue weighted by Crippen LogP contribution is 1.69. The predicted molar refractivity (Wildman–Crippen MR) is 25.5 cm³/mol. The molecule has 0 saturated heterocycles. The standard InChI is InChI=1S/C2H2N2O3S/c3-4-2(1-5)8(6)7/h1H,(H,6,7). The molecule has 0 bridgehead atoms. The van der Waals surface area contributed by atoms with Crippen molar-refractivity contribution in [2.45, 2.75) is 0 Å². The first-order chi connectivity index (χ1) is 3.72. The van der Waals surface area contributed by atoms with E-state index in [0.29, 0.717) is 0 Å². The summed E-state index contributed by atoms with van der Waals surface area (Å²) in [6.45, 7) is 0. The van der Waals surface area contributed by atoms with Crippen molar-refractivity contribution in [2.24, 2.45) is 0 Å². The van der Waals surface area contributed by atoms with Gasteiger partial charge >= 0.3 is 5.04 Å². The molecule has 0 aromatic heterocycles. The Balaban J connectivity index is 4.37. The minimum absolute atomic E-state index is 0.00386. The van der Waals surface area contributed by atoms with Crippen LogP contribution in [0.25, 0.3) is 5.53 Å². The summed E-state index contributed by atoms with van der Waals surface area (Å²) in [5.74, 6) is 0. The van der Waals surface area contributed by atoms with Crippen LogP contribution in [0, 0.1) is 0 Å². The second-order valence-electron chi connectivity index (χ2n) is 0.805. The monoisotopic (exact) mass is 134 g/mol. The minimum Gasteiger partial charge on any atom is -0.360 e. The van der Waals surface area contributed by atoms with E-state index >= 15 is 0 Å². The van der Waals surface area contributed by atoms with Crippen molar-refractivity contribution >= 4 is 22.4 Å². The number of rotatable bonds is 1. The van der Waals surface area contributed by atoms with Crippen LogP contribution < -0.4 is 0 Å². The second-order valence-corrected chi connectivity index (χ2v) is 1.72. The zero-order valence-corrected chi connectivity index (χ0v) is 4.46. The Morgan fingerprint density at radius 1 is 1.88 bits per heavy atom. The van der Waals surface area contributed by atoms with Gasteiger partial charge in [-0.15, -0.1) is 0 Å². The van der Waals surface area contributed by atoms with Crippen molar-refractivity contribution in [3.63, 3.8) is 0 Å². The van der Waals surface area contributed by atoms with Crippen LogP contribution in [0.3, 0.4) is 0 Å². The smallest absolute Gasteiger partial charge is 0.360 e. The van der Waals surface area contributed by atoms with Crippen LogP contribution in [-0.2, 0) is 15.9 Å². The molecule has 0 aromatic rings. The van der Waals surface area contributed by atoms with Crippen LogP contribution in [0.5, 0.6) is 0 Å². The van der Waals surface area contributed by atoms with Gasteiger partial charge in [-0.25, -0.2) is 4.21 Å². The highest BCUT2D eigenvalue weighted by Gasteiger charge is 2.12. The first-order valence-corrected chi connectivity index (χ1v) is 2.61. The van der Waals surface area contributed by atoms with E-state index in [9.17, 15) is 9.00 Å². The highest BCUT2D eigenvalue weighted by molar-refractivity contribution is 7.97. The van der Waals surface area contributed by atoms with Crippen molar-refractivity contribution in [3.8, 4) is 0 Å². The number of carbonyl (C=O) groups is 1. The van der Waals surface area contributed by atoms with E-state index in [2.05, 4.69) is 4.79 Å². The SMILES string of the molecule is [N-]=[N+]=C(C=O)S(=O)O. The summed E-state index contributed by atoms with van der Waals surface area (Å²) in [5.41, 5.74) is 7.70. The Bertz CT molecular complexity index is 170. The molecule has 1 N–H and O–H groups in total. The molecule has 0 aliphatic carbocycles. The maximum Gasteiger partial charge on any atom is 0.444 e. The molecule has 1 atom stereocenters. The summed E-state index contributed by atoms with van der Waals surface area (Å²) in [7, 11) is 0. The lowest BCUT2D eigenvalue weighted by Crippen LogP contribution is -2.07. The summed E-state index contributed by atoms with van der Waals surface area (Å²) < 4.78 is 17.7. The molecule has 0 radical (unpaired) electrons. The van der Waals surface area contributed by atoms with Crippen molar-refractivity contribution in [3.05, 3.63) is 5.53 Å². The largest absolute Gasteiger partial charge is 0.444 e. The van der Waals surface area contributed by atoms with Crippen molar-refractivity contribution in [2.75, 3.05) is 0 Å². The third-order valence-corrected chi connectivity index (χ3v) is 0.914. The molecule has 0 amide bonds. The van der Waals surface area contributed by atoms with Crippen LogP contribution in [-0.4, -0.2) is 24.9 Å². The van der Waals surface area contributed by atoms with Gasteiger partial charge in [-0.2, -0.15) is 4.79 Å². The molecule has 0 spiro atoms. The lowest BCUT2D eigenvalue weighted by Gasteiger charge is -1.70. The van der Waals surface area contributed by atoms with Gasteiger partial charge < -0.3 is 5.53 Å². The van der Waals surface area contributed by atoms with E-state index in [1.165, 1.54) is 0 Å². The lowest BCUT2D eigenvalue weighted by molar-refractivity contribution is -0.106. The average Bonchev–Trinajstić information content (AvgIpc) is 1.69. The van der Waals surface area contributed by atoms with Crippen LogP contribution >= 0.6 is 0 Å². The predicted octanol–water partition coefficient (Wildman–Crippen LogP) is -0.965. The van der Waals surface area contributed by atoms with Crippen molar-refractivity contribution in [1.82, 2.24) is 0 Å². The lowest BCUT2D eigenvalue weighted by atomic mass is 10.9. The van der Waals surface area contributed by atoms with Crippen molar-refractivity contribution in [1.29, 1.82) is 0 Å². The van der Waals surface area contributed by atoms with Gasteiger partial charge in [-0.05, 0) is 0 Å². The normalized spacial score (nSPS) is 11.6. The summed E-state index contributed by atoms with van der Waals surface area (Å²) in [5, 5.41) is -0.787. The Morgan fingerprint density at radius 2 is 2.38 bits per heavy atom. The van der Waals surface area contributed by atoms with Crippen LogP contribution in [0.2, 0.25) is 0 Å². The van der Waals surface area contributed by atoms with Crippen LogP contribution in [0.1, 0.15) is 0 Å². The Labute approximate surface area is 47.2 Å². The first kappa shape index (κ1) is 7.16. The Hall–Kier alpha value is -0.840. The topological polar surface area (TPSA) is 90.8 Å². The van der Waals surface area contributed by atoms with Gasteiger partial charge in [0, 0.05) is 0 Å². The fourth-order valence-corrected chi connectivity index (χ4v) is 0.252. The molecule has 0 heterocycles. The van der Waals surface area contributed by atoms with Gasteiger partial charge in [-0.3, -0.25) is 9.35 Å². The van der Waals surface area contributed by atoms with E-state index in [0.717, 1.165) is 0 Å². The number of hydrogen-bond donors (Lipinski definition) is 1. The summed E-state index contributed by atoms with van der Waals surface area (Å²) in [4.78, 5) is 11.7. The van der Waals surface area contributed by atoms with Gasteiger partial charge in [0.2, 0.25) is 6.29 Å². The van der Waals surface area contributed by atoms with Crippen molar-refractivity contribution < 1.29 is 18.3 Å². The zero-order chi connectivity index (χ0) is 6.57.